The lowest BCUT2D eigenvalue weighted by molar-refractivity contribution is 0.348. The van der Waals surface area contributed by atoms with Crippen molar-refractivity contribution in [2.24, 2.45) is 0 Å². The van der Waals surface area contributed by atoms with Crippen molar-refractivity contribution in [1.29, 1.82) is 0 Å². The predicted molar refractivity (Wildman–Crippen MR) is 112 cm³/mol. The van der Waals surface area contributed by atoms with Crippen LogP contribution < -0.4 is 5.43 Å². The number of nitrogens with one attached hydrogen (secondary N) is 1. The summed E-state index contributed by atoms with van der Waals surface area (Å²) in [6.45, 7) is 4.05. The van der Waals surface area contributed by atoms with Crippen LogP contribution in [-0.2, 0) is 10.0 Å². The van der Waals surface area contributed by atoms with Crippen LogP contribution in [0, 0.1) is 13.8 Å². The normalized spacial score (nSPS) is 17.2. The zero-order chi connectivity index (χ0) is 19.7. The van der Waals surface area contributed by atoms with E-state index in [2.05, 4.69) is 5.43 Å². The Hall–Kier alpha value is -2.89. The number of benzene rings is 3. The first kappa shape index (κ1) is 18.5. The monoisotopic (exact) mass is 390 g/mol. The molecule has 4 nitrogen and oxygen atoms in total. The maximum absolute atomic E-state index is 13.3. The minimum absolute atomic E-state index is 0.262. The fourth-order valence-electron chi connectivity index (χ4n) is 3.26. The van der Waals surface area contributed by atoms with E-state index in [9.17, 15) is 8.42 Å². The molecule has 0 aromatic heterocycles. The van der Waals surface area contributed by atoms with Crippen LogP contribution >= 0.6 is 0 Å². The molecule has 28 heavy (non-hydrogen) atoms. The molecule has 0 bridgehead atoms. The largest absolute Gasteiger partial charge is 0.304 e. The van der Waals surface area contributed by atoms with E-state index in [1.807, 2.05) is 74.5 Å². The molecule has 0 fully saturated rings. The molecule has 0 saturated carbocycles. The minimum atomic E-state index is -3.73. The average molecular weight is 391 g/mol. The maximum atomic E-state index is 13.3. The van der Waals surface area contributed by atoms with Crippen molar-refractivity contribution < 1.29 is 8.42 Å². The molecule has 1 atom stereocenters. The molecule has 1 aliphatic rings. The molecule has 0 aliphatic carbocycles. The number of hydrogen-bond donors (Lipinski definition) is 1. The molecule has 0 unspecified atom stereocenters. The van der Waals surface area contributed by atoms with Gasteiger partial charge in [0.25, 0.3) is 10.0 Å². The number of hydrazine groups is 1. The van der Waals surface area contributed by atoms with Gasteiger partial charge in [-0.15, -0.1) is 4.41 Å². The van der Waals surface area contributed by atoms with Gasteiger partial charge < -0.3 is 5.43 Å². The summed E-state index contributed by atoms with van der Waals surface area (Å²) in [5.41, 5.74) is 8.08. The Bertz CT molecular complexity index is 1100. The van der Waals surface area contributed by atoms with E-state index in [0.29, 0.717) is 0 Å². The van der Waals surface area contributed by atoms with E-state index in [0.717, 1.165) is 28.0 Å². The van der Waals surface area contributed by atoms with Gasteiger partial charge in [-0.05, 0) is 43.2 Å². The highest BCUT2D eigenvalue weighted by molar-refractivity contribution is 7.89. The molecule has 3 aromatic carbocycles. The number of aryl methyl sites for hydroxylation is 2. The van der Waals surface area contributed by atoms with Crippen LogP contribution in [0.4, 0.5) is 0 Å². The summed E-state index contributed by atoms with van der Waals surface area (Å²) < 4.78 is 28.0. The Morgan fingerprint density at radius 1 is 0.786 bits per heavy atom. The van der Waals surface area contributed by atoms with E-state index >= 15 is 0 Å². The van der Waals surface area contributed by atoms with Crippen LogP contribution in [0.5, 0.6) is 0 Å². The smallest absolute Gasteiger partial charge is 0.260 e. The molecule has 0 saturated heterocycles. The summed E-state index contributed by atoms with van der Waals surface area (Å²) >= 11 is 0. The average Bonchev–Trinajstić information content (AvgIpc) is 3.16. The summed E-state index contributed by atoms with van der Waals surface area (Å²) in [6.07, 6.45) is 1.97. The number of nitrogens with zero attached hydrogens (tertiary/aromatic N) is 1. The summed E-state index contributed by atoms with van der Waals surface area (Å²) in [5.74, 6) is 0. The Kier molecular flexibility index (Phi) is 4.79. The van der Waals surface area contributed by atoms with Crippen molar-refractivity contribution in [2.75, 3.05) is 0 Å². The molecular formula is C23H22N2O2S. The molecule has 1 N–H and O–H groups in total. The van der Waals surface area contributed by atoms with Gasteiger partial charge in [-0.25, -0.2) is 8.42 Å². The van der Waals surface area contributed by atoms with Crippen molar-refractivity contribution in [3.8, 4) is 0 Å². The number of rotatable bonds is 4. The van der Waals surface area contributed by atoms with Gasteiger partial charge in [-0.1, -0.05) is 77.9 Å². The second-order valence-electron chi connectivity index (χ2n) is 7.03. The van der Waals surface area contributed by atoms with Crippen molar-refractivity contribution in [1.82, 2.24) is 9.84 Å². The third kappa shape index (κ3) is 3.46. The van der Waals surface area contributed by atoms with Crippen molar-refractivity contribution in [3.63, 3.8) is 0 Å². The fourth-order valence-corrected chi connectivity index (χ4v) is 4.68. The lowest BCUT2D eigenvalue weighted by Gasteiger charge is -2.25. The van der Waals surface area contributed by atoms with Gasteiger partial charge >= 0.3 is 0 Å². The second kappa shape index (κ2) is 7.26. The molecule has 1 heterocycles. The minimum Gasteiger partial charge on any atom is -0.304 e. The van der Waals surface area contributed by atoms with E-state index in [-0.39, 0.29) is 4.90 Å². The quantitative estimate of drug-likeness (QED) is 0.709. The first-order valence-corrected chi connectivity index (χ1v) is 10.6. The Balaban J connectivity index is 1.78. The summed E-state index contributed by atoms with van der Waals surface area (Å²) in [6, 6.07) is 24.1. The fraction of sp³-hybridized carbons (Fsp3) is 0.130. The highest BCUT2D eigenvalue weighted by Crippen LogP contribution is 2.35. The van der Waals surface area contributed by atoms with Crippen LogP contribution in [0.1, 0.15) is 28.3 Å². The van der Waals surface area contributed by atoms with Crippen LogP contribution in [-0.4, -0.2) is 12.8 Å². The standard InChI is InChI=1S/C23H22N2O2S/c1-17-8-12-19(13-9-17)22-16-23(20-14-10-18(2)11-15-20)25(24-22)28(26,27)21-6-4-3-5-7-21/h3-16,23-24H,1-2H3/t23-/m0/s1. The predicted octanol–water partition coefficient (Wildman–Crippen LogP) is 4.59. The molecule has 4 rings (SSSR count). The molecule has 0 amide bonds. The van der Waals surface area contributed by atoms with Gasteiger partial charge in [0.1, 0.15) is 0 Å². The van der Waals surface area contributed by atoms with E-state index in [1.54, 1.807) is 24.3 Å². The molecule has 1 aliphatic heterocycles. The zero-order valence-corrected chi connectivity index (χ0v) is 16.6. The SMILES string of the molecule is Cc1ccc(C2=C[C@@H](c3ccc(C)cc3)N(S(=O)(=O)c3ccccc3)N2)cc1. The van der Waals surface area contributed by atoms with Gasteiger partial charge in [-0.3, -0.25) is 0 Å². The lowest BCUT2D eigenvalue weighted by atomic mass is 10.0. The van der Waals surface area contributed by atoms with Crippen molar-refractivity contribution >= 4 is 15.7 Å². The molecule has 3 aromatic rings. The van der Waals surface area contributed by atoms with Crippen LogP contribution in [0.15, 0.2) is 89.8 Å². The zero-order valence-electron chi connectivity index (χ0n) is 15.8. The van der Waals surface area contributed by atoms with Crippen molar-refractivity contribution in [2.45, 2.75) is 24.8 Å². The molecule has 142 valence electrons. The summed E-state index contributed by atoms with van der Waals surface area (Å²) in [7, 11) is -3.73. The Morgan fingerprint density at radius 3 is 1.96 bits per heavy atom. The molecule has 5 heteroatoms. The summed E-state index contributed by atoms with van der Waals surface area (Å²) in [4.78, 5) is 0.262. The van der Waals surface area contributed by atoms with Crippen LogP contribution in [0.2, 0.25) is 0 Å². The topological polar surface area (TPSA) is 49.4 Å². The van der Waals surface area contributed by atoms with E-state index in [4.69, 9.17) is 0 Å². The Morgan fingerprint density at radius 2 is 1.36 bits per heavy atom. The highest BCUT2D eigenvalue weighted by atomic mass is 32.2. The van der Waals surface area contributed by atoms with Crippen LogP contribution in [0.25, 0.3) is 5.70 Å². The highest BCUT2D eigenvalue weighted by Gasteiger charge is 2.36. The molecule has 0 spiro atoms. The third-order valence-electron chi connectivity index (χ3n) is 4.89. The van der Waals surface area contributed by atoms with E-state index < -0.39 is 16.1 Å². The van der Waals surface area contributed by atoms with Crippen molar-refractivity contribution in [3.05, 3.63) is 107 Å². The summed E-state index contributed by atoms with van der Waals surface area (Å²) in [5, 5.41) is 0. The van der Waals surface area contributed by atoms with Gasteiger partial charge in [0, 0.05) is 0 Å². The number of hydrogen-bond acceptors (Lipinski definition) is 3. The first-order valence-electron chi connectivity index (χ1n) is 9.17. The maximum Gasteiger partial charge on any atom is 0.260 e. The van der Waals surface area contributed by atoms with E-state index in [1.165, 1.54) is 4.41 Å². The first-order chi connectivity index (χ1) is 13.4. The van der Waals surface area contributed by atoms with Gasteiger partial charge in [0.15, 0.2) is 0 Å². The van der Waals surface area contributed by atoms with Crippen LogP contribution in [0.3, 0.4) is 0 Å². The third-order valence-corrected chi connectivity index (χ3v) is 6.59. The lowest BCUT2D eigenvalue weighted by Crippen LogP contribution is -2.39. The Labute approximate surface area is 166 Å². The van der Waals surface area contributed by atoms with Gasteiger partial charge in [0.05, 0.1) is 16.6 Å². The molecule has 0 radical (unpaired) electrons. The number of sulfonamides is 1. The van der Waals surface area contributed by atoms with Gasteiger partial charge in [-0.2, -0.15) is 0 Å². The molecular weight excluding hydrogens is 368 g/mol. The van der Waals surface area contributed by atoms with Gasteiger partial charge in [0.2, 0.25) is 0 Å². The second-order valence-corrected chi connectivity index (χ2v) is 8.84.